The fourth-order valence-electron chi connectivity index (χ4n) is 3.81. The van der Waals surface area contributed by atoms with Crippen molar-refractivity contribution in [3.05, 3.63) is 46.5 Å². The van der Waals surface area contributed by atoms with Crippen molar-refractivity contribution in [2.75, 3.05) is 19.7 Å². The van der Waals surface area contributed by atoms with E-state index in [0.29, 0.717) is 30.3 Å². The standard InChI is InChI=1S/C22H26N4O3S2/c1-3-28-17-7-4-5-8-18(17)29-16-10-12-25(13-11-16)21(27)15(2)26-20(23-24-22(26)30)19-9-6-14-31-19/h4-9,14-16H,3,10-13H2,1-2H3,(H,24,30). The summed E-state index contributed by atoms with van der Waals surface area (Å²) in [5.74, 6) is 2.26. The number of benzene rings is 1. The molecule has 0 spiro atoms. The topological polar surface area (TPSA) is 72.4 Å². The lowest BCUT2D eigenvalue weighted by molar-refractivity contribution is -0.136. The Balaban J connectivity index is 1.40. The molecule has 1 amide bonds. The van der Waals surface area contributed by atoms with Crippen LogP contribution < -0.4 is 9.47 Å². The summed E-state index contributed by atoms with van der Waals surface area (Å²) in [6, 6.07) is 11.2. The van der Waals surface area contributed by atoms with Gasteiger partial charge in [0.2, 0.25) is 5.91 Å². The van der Waals surface area contributed by atoms with E-state index in [4.69, 9.17) is 21.7 Å². The van der Waals surface area contributed by atoms with E-state index in [0.717, 1.165) is 29.2 Å². The Morgan fingerprint density at radius 2 is 2.00 bits per heavy atom. The average molecular weight is 459 g/mol. The molecule has 0 aliphatic carbocycles. The van der Waals surface area contributed by atoms with E-state index in [1.54, 1.807) is 11.3 Å². The lowest BCUT2D eigenvalue weighted by Gasteiger charge is -2.34. The summed E-state index contributed by atoms with van der Waals surface area (Å²) in [7, 11) is 0. The molecule has 1 saturated heterocycles. The van der Waals surface area contributed by atoms with Crippen LogP contribution in [0.25, 0.3) is 10.7 Å². The molecule has 1 atom stereocenters. The molecule has 31 heavy (non-hydrogen) atoms. The second kappa shape index (κ2) is 9.65. The number of nitrogens with zero attached hydrogens (tertiary/aromatic N) is 3. The Bertz CT molecular complexity index is 1070. The first-order chi connectivity index (χ1) is 15.1. The van der Waals surface area contributed by atoms with Gasteiger partial charge in [-0.3, -0.25) is 14.5 Å². The van der Waals surface area contributed by atoms with Gasteiger partial charge in [0, 0.05) is 25.9 Å². The maximum absolute atomic E-state index is 13.2. The molecule has 3 heterocycles. The molecule has 1 N–H and O–H groups in total. The molecule has 164 valence electrons. The summed E-state index contributed by atoms with van der Waals surface area (Å²) in [6.45, 7) is 5.72. The van der Waals surface area contributed by atoms with Crippen LogP contribution in [-0.4, -0.2) is 51.4 Å². The number of carbonyl (C=O) groups is 1. The number of ether oxygens (including phenoxy) is 2. The number of nitrogens with one attached hydrogen (secondary N) is 1. The Morgan fingerprint density at radius 3 is 2.68 bits per heavy atom. The molecular formula is C22H26N4O3S2. The number of thiophene rings is 1. The van der Waals surface area contributed by atoms with E-state index in [-0.39, 0.29) is 12.0 Å². The number of hydrogen-bond acceptors (Lipinski definition) is 6. The summed E-state index contributed by atoms with van der Waals surface area (Å²) in [6.07, 6.45) is 1.60. The van der Waals surface area contributed by atoms with Gasteiger partial charge >= 0.3 is 0 Å². The van der Waals surface area contributed by atoms with E-state index < -0.39 is 6.04 Å². The van der Waals surface area contributed by atoms with Gasteiger partial charge < -0.3 is 14.4 Å². The van der Waals surface area contributed by atoms with Crippen LogP contribution in [-0.2, 0) is 4.79 Å². The summed E-state index contributed by atoms with van der Waals surface area (Å²) >= 11 is 6.99. The molecule has 1 aliphatic rings. The zero-order valence-electron chi connectivity index (χ0n) is 17.6. The molecule has 4 rings (SSSR count). The van der Waals surface area contributed by atoms with Gasteiger partial charge in [-0.15, -0.1) is 11.3 Å². The molecule has 2 aromatic heterocycles. The van der Waals surface area contributed by atoms with Crippen molar-refractivity contribution in [2.45, 2.75) is 38.8 Å². The summed E-state index contributed by atoms with van der Waals surface area (Å²) < 4.78 is 14.1. The third kappa shape index (κ3) is 4.67. The predicted molar refractivity (Wildman–Crippen MR) is 123 cm³/mol. The Labute approximate surface area is 190 Å². The number of H-pyrrole nitrogens is 1. The number of likely N-dealkylation sites (tertiary alicyclic amines) is 1. The number of aromatic amines is 1. The molecule has 1 fully saturated rings. The zero-order valence-corrected chi connectivity index (χ0v) is 19.2. The second-order valence-electron chi connectivity index (χ2n) is 7.40. The van der Waals surface area contributed by atoms with Crippen LogP contribution in [0.2, 0.25) is 0 Å². The average Bonchev–Trinajstić information content (AvgIpc) is 3.44. The Kier molecular flexibility index (Phi) is 6.72. The first kappa shape index (κ1) is 21.6. The molecule has 7 nitrogen and oxygen atoms in total. The summed E-state index contributed by atoms with van der Waals surface area (Å²) in [4.78, 5) is 16.1. The highest BCUT2D eigenvalue weighted by molar-refractivity contribution is 7.71. The van der Waals surface area contributed by atoms with Crippen molar-refractivity contribution in [2.24, 2.45) is 0 Å². The van der Waals surface area contributed by atoms with E-state index in [9.17, 15) is 4.79 Å². The van der Waals surface area contributed by atoms with Gasteiger partial charge in [-0.2, -0.15) is 5.10 Å². The van der Waals surface area contributed by atoms with E-state index in [1.807, 2.05) is 65.1 Å². The number of carbonyl (C=O) groups excluding carboxylic acids is 1. The number of rotatable bonds is 7. The minimum atomic E-state index is -0.431. The summed E-state index contributed by atoms with van der Waals surface area (Å²) in [5.41, 5.74) is 0. The van der Waals surface area contributed by atoms with E-state index in [1.165, 1.54) is 0 Å². The fraction of sp³-hybridized carbons (Fsp3) is 0.409. The van der Waals surface area contributed by atoms with Crippen molar-refractivity contribution >= 4 is 29.5 Å². The fourth-order valence-corrected chi connectivity index (χ4v) is 4.81. The van der Waals surface area contributed by atoms with Gasteiger partial charge in [-0.05, 0) is 49.6 Å². The maximum Gasteiger partial charge on any atom is 0.245 e. The summed E-state index contributed by atoms with van der Waals surface area (Å²) in [5, 5.41) is 9.16. The van der Waals surface area contributed by atoms with Gasteiger partial charge in [0.25, 0.3) is 0 Å². The molecule has 0 bridgehead atoms. The zero-order chi connectivity index (χ0) is 21.8. The third-order valence-corrected chi connectivity index (χ3v) is 6.54. The van der Waals surface area contributed by atoms with Crippen LogP contribution >= 0.6 is 23.6 Å². The first-order valence-corrected chi connectivity index (χ1v) is 11.7. The number of piperidine rings is 1. The lowest BCUT2D eigenvalue weighted by Crippen LogP contribution is -2.44. The van der Waals surface area contributed by atoms with Crippen molar-refractivity contribution in [1.82, 2.24) is 19.7 Å². The van der Waals surface area contributed by atoms with Crippen molar-refractivity contribution in [3.8, 4) is 22.2 Å². The van der Waals surface area contributed by atoms with Crippen LogP contribution in [0.3, 0.4) is 0 Å². The third-order valence-electron chi connectivity index (χ3n) is 5.39. The number of para-hydroxylation sites is 2. The number of amides is 1. The van der Waals surface area contributed by atoms with Crippen LogP contribution in [0.5, 0.6) is 11.5 Å². The monoisotopic (exact) mass is 458 g/mol. The van der Waals surface area contributed by atoms with Crippen molar-refractivity contribution in [3.63, 3.8) is 0 Å². The molecule has 3 aromatic rings. The molecule has 9 heteroatoms. The van der Waals surface area contributed by atoms with E-state index >= 15 is 0 Å². The molecule has 0 radical (unpaired) electrons. The van der Waals surface area contributed by atoms with E-state index in [2.05, 4.69) is 10.2 Å². The van der Waals surface area contributed by atoms with Crippen LogP contribution in [0.15, 0.2) is 41.8 Å². The van der Waals surface area contributed by atoms with Gasteiger partial charge in [-0.1, -0.05) is 18.2 Å². The van der Waals surface area contributed by atoms with Gasteiger partial charge in [0.15, 0.2) is 22.1 Å². The highest BCUT2D eigenvalue weighted by atomic mass is 32.1. The predicted octanol–water partition coefficient (Wildman–Crippen LogP) is 4.70. The van der Waals surface area contributed by atoms with Crippen molar-refractivity contribution in [1.29, 1.82) is 0 Å². The Morgan fingerprint density at radius 1 is 1.26 bits per heavy atom. The molecule has 1 aliphatic heterocycles. The first-order valence-electron chi connectivity index (χ1n) is 10.5. The van der Waals surface area contributed by atoms with Crippen LogP contribution in [0.1, 0.15) is 32.7 Å². The van der Waals surface area contributed by atoms with Gasteiger partial charge in [0.05, 0.1) is 11.5 Å². The lowest BCUT2D eigenvalue weighted by atomic mass is 10.1. The highest BCUT2D eigenvalue weighted by Crippen LogP contribution is 2.30. The quantitative estimate of drug-likeness (QED) is 0.520. The second-order valence-corrected chi connectivity index (χ2v) is 8.73. The number of hydrogen-bond donors (Lipinski definition) is 1. The largest absolute Gasteiger partial charge is 0.490 e. The normalized spacial score (nSPS) is 15.6. The molecule has 1 unspecified atom stereocenters. The van der Waals surface area contributed by atoms with Crippen LogP contribution in [0.4, 0.5) is 0 Å². The molecular weight excluding hydrogens is 432 g/mol. The van der Waals surface area contributed by atoms with Crippen LogP contribution in [0, 0.1) is 4.77 Å². The maximum atomic E-state index is 13.2. The SMILES string of the molecule is CCOc1ccccc1OC1CCN(C(=O)C(C)n2c(-c3cccs3)n[nH]c2=S)CC1. The Hall–Kier alpha value is -2.65. The number of aromatic nitrogens is 3. The minimum Gasteiger partial charge on any atom is -0.490 e. The molecule has 0 saturated carbocycles. The smallest absolute Gasteiger partial charge is 0.245 e. The minimum absolute atomic E-state index is 0.0449. The molecule has 1 aromatic carbocycles. The highest BCUT2D eigenvalue weighted by Gasteiger charge is 2.30. The van der Waals surface area contributed by atoms with Gasteiger partial charge in [0.1, 0.15) is 12.1 Å². The van der Waals surface area contributed by atoms with Crippen molar-refractivity contribution < 1.29 is 14.3 Å². The van der Waals surface area contributed by atoms with Gasteiger partial charge in [-0.25, -0.2) is 0 Å².